The average molecular weight is 478 g/mol. The third kappa shape index (κ3) is 5.99. The second kappa shape index (κ2) is 9.93. The van der Waals surface area contributed by atoms with Crippen molar-refractivity contribution in [3.05, 3.63) is 94.6 Å². The van der Waals surface area contributed by atoms with E-state index in [-0.39, 0.29) is 23.5 Å². The van der Waals surface area contributed by atoms with E-state index in [1.54, 1.807) is 6.07 Å². The summed E-state index contributed by atoms with van der Waals surface area (Å²) in [6.45, 7) is 3.70. The van der Waals surface area contributed by atoms with Gasteiger partial charge < -0.3 is 10.2 Å². The fraction of sp³-hybridized carbons (Fsp3) is 0.269. The van der Waals surface area contributed by atoms with E-state index in [4.69, 9.17) is 0 Å². The first kappa shape index (κ1) is 25.4. The van der Waals surface area contributed by atoms with E-state index >= 15 is 0 Å². The number of aliphatic carboxylic acids is 1. The Morgan fingerprint density at radius 2 is 1.35 bits per heavy atom. The molecule has 0 aliphatic carbocycles. The van der Waals surface area contributed by atoms with Crippen molar-refractivity contribution in [1.82, 2.24) is 0 Å². The van der Waals surface area contributed by atoms with Gasteiger partial charge in [0.05, 0.1) is 11.5 Å². The summed E-state index contributed by atoms with van der Waals surface area (Å²) in [5.74, 6) is -3.82. The van der Waals surface area contributed by atoms with E-state index in [0.29, 0.717) is 22.8 Å². The highest BCUT2D eigenvalue weighted by molar-refractivity contribution is 5.78. The zero-order chi connectivity index (χ0) is 25.2. The van der Waals surface area contributed by atoms with E-state index in [1.807, 2.05) is 13.8 Å². The van der Waals surface area contributed by atoms with Crippen molar-refractivity contribution in [3.63, 3.8) is 0 Å². The van der Waals surface area contributed by atoms with Crippen LogP contribution in [0.25, 0.3) is 11.1 Å². The molecule has 2 N–H and O–H groups in total. The van der Waals surface area contributed by atoms with E-state index < -0.39 is 41.4 Å². The summed E-state index contributed by atoms with van der Waals surface area (Å²) in [5.41, 5.74) is 0.293. The number of aliphatic hydroxyl groups excluding tert-OH is 1. The van der Waals surface area contributed by atoms with Crippen LogP contribution in [0.2, 0.25) is 0 Å². The van der Waals surface area contributed by atoms with Crippen LogP contribution in [0.1, 0.15) is 54.5 Å². The number of carboxylic acid groups (broad SMARTS) is 1. The minimum absolute atomic E-state index is 0.0153. The molecule has 180 valence electrons. The Bertz CT molecular complexity index is 1150. The molecule has 0 radical (unpaired) electrons. The van der Waals surface area contributed by atoms with Crippen LogP contribution >= 0.6 is 0 Å². The fourth-order valence-corrected chi connectivity index (χ4v) is 3.83. The van der Waals surface area contributed by atoms with Gasteiger partial charge in [-0.3, -0.25) is 4.79 Å². The summed E-state index contributed by atoms with van der Waals surface area (Å²) in [5, 5.41) is 20.7. The molecule has 3 rings (SSSR count). The van der Waals surface area contributed by atoms with Crippen LogP contribution in [0, 0.1) is 17.6 Å². The first-order valence-corrected chi connectivity index (χ1v) is 10.5. The van der Waals surface area contributed by atoms with Crippen LogP contribution in [0.4, 0.5) is 22.0 Å². The molecule has 8 heteroatoms. The summed E-state index contributed by atoms with van der Waals surface area (Å²) in [7, 11) is 0. The highest BCUT2D eigenvalue weighted by atomic mass is 19.4. The molecule has 2 atom stereocenters. The normalized spacial score (nSPS) is 13.7. The molecule has 0 saturated carbocycles. The molecule has 0 saturated heterocycles. The van der Waals surface area contributed by atoms with Gasteiger partial charge in [0.15, 0.2) is 0 Å². The number of benzene rings is 3. The van der Waals surface area contributed by atoms with Gasteiger partial charge in [-0.1, -0.05) is 38.1 Å². The lowest BCUT2D eigenvalue weighted by atomic mass is 9.86. The molecule has 0 aliphatic heterocycles. The largest absolute Gasteiger partial charge is 0.481 e. The highest BCUT2D eigenvalue weighted by Crippen LogP contribution is 2.35. The Hall–Kier alpha value is -3.26. The number of carboxylic acids is 1. The Balaban J connectivity index is 2.16. The van der Waals surface area contributed by atoms with Crippen LogP contribution in [-0.4, -0.2) is 16.2 Å². The zero-order valence-electron chi connectivity index (χ0n) is 18.4. The number of rotatable bonds is 7. The molecule has 0 heterocycles. The molecule has 3 nitrogen and oxygen atoms in total. The lowest BCUT2D eigenvalue weighted by Gasteiger charge is -2.20. The van der Waals surface area contributed by atoms with E-state index in [1.165, 1.54) is 24.3 Å². The maximum absolute atomic E-state index is 13.7. The smallest absolute Gasteiger partial charge is 0.416 e. The summed E-state index contributed by atoms with van der Waals surface area (Å²) < 4.78 is 66.3. The van der Waals surface area contributed by atoms with E-state index in [9.17, 15) is 37.0 Å². The molecule has 0 bridgehead atoms. The molecule has 2 unspecified atom stereocenters. The lowest BCUT2D eigenvalue weighted by Crippen LogP contribution is -2.15. The van der Waals surface area contributed by atoms with Gasteiger partial charge in [0, 0.05) is 6.07 Å². The Kier molecular flexibility index (Phi) is 7.41. The third-order valence-electron chi connectivity index (χ3n) is 5.45. The molecular formula is C26H23F5O3. The first-order chi connectivity index (χ1) is 15.8. The van der Waals surface area contributed by atoms with Crippen molar-refractivity contribution in [3.8, 4) is 11.1 Å². The van der Waals surface area contributed by atoms with Crippen molar-refractivity contribution in [2.45, 2.75) is 38.5 Å². The van der Waals surface area contributed by atoms with Gasteiger partial charge in [-0.25, -0.2) is 8.78 Å². The number of hydrogen-bond acceptors (Lipinski definition) is 2. The lowest BCUT2D eigenvalue weighted by molar-refractivity contribution is -0.139. The van der Waals surface area contributed by atoms with Gasteiger partial charge >= 0.3 is 12.1 Å². The summed E-state index contributed by atoms with van der Waals surface area (Å²) in [6, 6.07) is 11.3. The molecule has 3 aromatic carbocycles. The molecular weight excluding hydrogens is 455 g/mol. The quantitative estimate of drug-likeness (QED) is 0.362. The van der Waals surface area contributed by atoms with E-state index in [2.05, 4.69) is 0 Å². The second-order valence-corrected chi connectivity index (χ2v) is 8.59. The van der Waals surface area contributed by atoms with Crippen LogP contribution in [0.3, 0.4) is 0 Å². The molecule has 0 amide bonds. The fourth-order valence-electron chi connectivity index (χ4n) is 3.83. The number of hydrogen-bond donors (Lipinski definition) is 2. The topological polar surface area (TPSA) is 57.5 Å². The Labute approximate surface area is 193 Å². The van der Waals surface area contributed by atoms with Gasteiger partial charge in [-0.15, -0.1) is 0 Å². The van der Waals surface area contributed by atoms with Crippen molar-refractivity contribution < 1.29 is 37.0 Å². The standard InChI is InChI=1S/C26H23F5O3/c1-14(2)7-23(25(33)34)17-8-16(15-3-5-20(6-4-15)26(29,30)31)9-18(10-17)24(32)19-11-21(27)13-22(28)12-19/h3-6,8-14,23-24,32H,7H2,1-2H3,(H,33,34). The van der Waals surface area contributed by atoms with Gasteiger partial charge in [0.2, 0.25) is 0 Å². The average Bonchev–Trinajstić information content (AvgIpc) is 2.75. The van der Waals surface area contributed by atoms with Crippen molar-refractivity contribution in [2.24, 2.45) is 5.92 Å². The first-order valence-electron chi connectivity index (χ1n) is 10.5. The summed E-state index contributed by atoms with van der Waals surface area (Å²) >= 11 is 0. The SMILES string of the molecule is CC(C)CC(C(=O)O)c1cc(-c2ccc(C(F)(F)F)cc2)cc(C(O)c2cc(F)cc(F)c2)c1. The number of alkyl halides is 3. The van der Waals surface area contributed by atoms with Gasteiger partial charge in [-0.2, -0.15) is 13.2 Å². The molecule has 0 aromatic heterocycles. The minimum Gasteiger partial charge on any atom is -0.481 e. The monoisotopic (exact) mass is 478 g/mol. The predicted octanol–water partition coefficient (Wildman–Crippen LogP) is 6.95. The van der Waals surface area contributed by atoms with Crippen molar-refractivity contribution >= 4 is 5.97 Å². The van der Waals surface area contributed by atoms with Gasteiger partial charge in [0.1, 0.15) is 17.7 Å². The van der Waals surface area contributed by atoms with Crippen LogP contribution in [0.5, 0.6) is 0 Å². The highest BCUT2D eigenvalue weighted by Gasteiger charge is 2.30. The third-order valence-corrected chi connectivity index (χ3v) is 5.45. The molecule has 3 aromatic rings. The van der Waals surface area contributed by atoms with E-state index in [0.717, 1.165) is 24.3 Å². The molecule has 0 spiro atoms. The predicted molar refractivity (Wildman–Crippen MR) is 117 cm³/mol. The second-order valence-electron chi connectivity index (χ2n) is 8.59. The van der Waals surface area contributed by atoms with Crippen LogP contribution in [0.15, 0.2) is 60.7 Å². The van der Waals surface area contributed by atoms with Gasteiger partial charge in [0.25, 0.3) is 0 Å². The Morgan fingerprint density at radius 3 is 1.85 bits per heavy atom. The summed E-state index contributed by atoms with van der Waals surface area (Å²) in [6.07, 6.45) is -5.74. The molecule has 34 heavy (non-hydrogen) atoms. The maximum atomic E-state index is 13.7. The summed E-state index contributed by atoms with van der Waals surface area (Å²) in [4.78, 5) is 12.0. The molecule has 0 fully saturated rings. The zero-order valence-corrected chi connectivity index (χ0v) is 18.4. The van der Waals surface area contributed by atoms with Crippen LogP contribution in [-0.2, 0) is 11.0 Å². The van der Waals surface area contributed by atoms with Crippen LogP contribution < -0.4 is 0 Å². The number of halogens is 5. The Morgan fingerprint density at radius 1 is 0.824 bits per heavy atom. The van der Waals surface area contributed by atoms with Gasteiger partial charge in [-0.05, 0) is 70.5 Å². The number of aliphatic hydroxyl groups is 1. The maximum Gasteiger partial charge on any atom is 0.416 e. The number of carbonyl (C=O) groups is 1. The minimum atomic E-state index is -4.52. The van der Waals surface area contributed by atoms with Crippen molar-refractivity contribution in [2.75, 3.05) is 0 Å². The molecule has 0 aliphatic rings. The van der Waals surface area contributed by atoms with Crippen molar-refractivity contribution in [1.29, 1.82) is 0 Å².